The molecule has 1 amide bonds. The van der Waals surface area contributed by atoms with Gasteiger partial charge in [-0.1, -0.05) is 18.2 Å². The third-order valence-corrected chi connectivity index (χ3v) is 2.99. The second-order valence-corrected chi connectivity index (χ2v) is 4.76. The number of carbonyl (C=O) groups is 1. The minimum Gasteiger partial charge on any atom is -0.399 e. The van der Waals surface area contributed by atoms with E-state index in [0.29, 0.717) is 18.7 Å². The summed E-state index contributed by atoms with van der Waals surface area (Å²) in [5, 5.41) is 6.10. The average molecular weight is 284 g/mol. The highest BCUT2D eigenvalue weighted by atomic mass is 16.1. The van der Waals surface area contributed by atoms with E-state index in [0.717, 1.165) is 24.3 Å². The molecule has 0 aliphatic rings. The summed E-state index contributed by atoms with van der Waals surface area (Å²) in [6.07, 6.45) is 2.98. The van der Waals surface area contributed by atoms with Crippen molar-refractivity contribution in [2.24, 2.45) is 0 Å². The first-order chi connectivity index (χ1) is 10.2. The van der Waals surface area contributed by atoms with Gasteiger partial charge in [0.1, 0.15) is 5.82 Å². The molecule has 1 aromatic heterocycles. The van der Waals surface area contributed by atoms with Crippen LogP contribution in [0.3, 0.4) is 0 Å². The van der Waals surface area contributed by atoms with Crippen LogP contribution >= 0.6 is 0 Å². The molecule has 2 rings (SSSR count). The van der Waals surface area contributed by atoms with Crippen molar-refractivity contribution in [3.63, 3.8) is 0 Å². The van der Waals surface area contributed by atoms with Crippen LogP contribution in [0.25, 0.3) is 0 Å². The molecule has 0 atom stereocenters. The van der Waals surface area contributed by atoms with E-state index in [-0.39, 0.29) is 5.91 Å². The lowest BCUT2D eigenvalue weighted by molar-refractivity contribution is -0.120. The van der Waals surface area contributed by atoms with E-state index >= 15 is 0 Å². The molecule has 0 fully saturated rings. The Labute approximate surface area is 124 Å². The Bertz CT molecular complexity index is 554. The van der Waals surface area contributed by atoms with Crippen LogP contribution in [0.2, 0.25) is 0 Å². The van der Waals surface area contributed by atoms with Crippen LogP contribution in [0.4, 0.5) is 11.5 Å². The number of amides is 1. The SMILES string of the molecule is Nc1ccc(CC(=O)NCCCNc2ccccn2)cc1. The van der Waals surface area contributed by atoms with Crippen LogP contribution in [0.5, 0.6) is 0 Å². The minimum atomic E-state index is 0.0256. The number of rotatable bonds is 7. The van der Waals surface area contributed by atoms with Crippen LogP contribution in [0.1, 0.15) is 12.0 Å². The van der Waals surface area contributed by atoms with Crippen molar-refractivity contribution in [1.82, 2.24) is 10.3 Å². The molecular formula is C16H20N4O. The maximum Gasteiger partial charge on any atom is 0.224 e. The Morgan fingerprint density at radius 3 is 2.62 bits per heavy atom. The molecule has 0 aliphatic heterocycles. The fourth-order valence-electron chi connectivity index (χ4n) is 1.88. The predicted molar refractivity (Wildman–Crippen MR) is 84.9 cm³/mol. The number of hydrogen-bond donors (Lipinski definition) is 3. The van der Waals surface area contributed by atoms with E-state index in [2.05, 4.69) is 15.6 Å². The van der Waals surface area contributed by atoms with E-state index in [9.17, 15) is 4.79 Å². The largest absolute Gasteiger partial charge is 0.399 e. The first-order valence-corrected chi connectivity index (χ1v) is 7.00. The van der Waals surface area contributed by atoms with Gasteiger partial charge in [-0.05, 0) is 36.2 Å². The lowest BCUT2D eigenvalue weighted by atomic mass is 10.1. The van der Waals surface area contributed by atoms with Crippen LogP contribution < -0.4 is 16.4 Å². The molecule has 2 aromatic rings. The predicted octanol–water partition coefficient (Wildman–Crippen LogP) is 1.82. The second kappa shape index (κ2) is 7.89. The first kappa shape index (κ1) is 14.8. The smallest absolute Gasteiger partial charge is 0.224 e. The first-order valence-electron chi connectivity index (χ1n) is 7.00. The maximum absolute atomic E-state index is 11.8. The van der Waals surface area contributed by atoms with Crippen molar-refractivity contribution in [2.75, 3.05) is 24.1 Å². The van der Waals surface area contributed by atoms with Gasteiger partial charge in [-0.3, -0.25) is 4.79 Å². The number of nitrogens with two attached hydrogens (primary N) is 1. The quantitative estimate of drug-likeness (QED) is 0.535. The molecular weight excluding hydrogens is 264 g/mol. The van der Waals surface area contributed by atoms with Gasteiger partial charge < -0.3 is 16.4 Å². The molecule has 4 N–H and O–H groups in total. The summed E-state index contributed by atoms with van der Waals surface area (Å²) in [5.74, 6) is 0.878. The average Bonchev–Trinajstić information content (AvgIpc) is 2.50. The molecule has 0 radical (unpaired) electrons. The number of pyridine rings is 1. The molecule has 0 bridgehead atoms. The zero-order valence-electron chi connectivity index (χ0n) is 11.9. The molecule has 1 aromatic carbocycles. The van der Waals surface area contributed by atoms with Crippen molar-refractivity contribution < 1.29 is 4.79 Å². The summed E-state index contributed by atoms with van der Waals surface area (Å²) < 4.78 is 0. The number of carbonyl (C=O) groups excluding carboxylic acids is 1. The molecule has 0 saturated heterocycles. The lowest BCUT2D eigenvalue weighted by Crippen LogP contribution is -2.27. The monoisotopic (exact) mass is 284 g/mol. The van der Waals surface area contributed by atoms with E-state index in [1.54, 1.807) is 18.3 Å². The third-order valence-electron chi connectivity index (χ3n) is 2.99. The molecule has 0 saturated carbocycles. The van der Waals surface area contributed by atoms with E-state index in [4.69, 9.17) is 5.73 Å². The van der Waals surface area contributed by atoms with Crippen LogP contribution in [-0.2, 0) is 11.2 Å². The standard InChI is InChI=1S/C16H20N4O/c17-14-7-5-13(6-8-14)12-16(21)20-11-3-10-19-15-4-1-2-9-18-15/h1-2,4-9H,3,10-12,17H2,(H,18,19)(H,20,21). The van der Waals surface area contributed by atoms with Gasteiger partial charge in [0.25, 0.3) is 0 Å². The zero-order valence-corrected chi connectivity index (χ0v) is 11.9. The molecule has 0 aliphatic carbocycles. The van der Waals surface area contributed by atoms with Crippen molar-refractivity contribution in [1.29, 1.82) is 0 Å². The summed E-state index contributed by atoms with van der Waals surface area (Å²) in [7, 11) is 0. The summed E-state index contributed by atoms with van der Waals surface area (Å²) in [6.45, 7) is 1.42. The third kappa shape index (κ3) is 5.52. The lowest BCUT2D eigenvalue weighted by Gasteiger charge is -2.07. The van der Waals surface area contributed by atoms with Crippen molar-refractivity contribution >= 4 is 17.4 Å². The van der Waals surface area contributed by atoms with Gasteiger partial charge in [-0.2, -0.15) is 0 Å². The van der Waals surface area contributed by atoms with Crippen molar-refractivity contribution in [2.45, 2.75) is 12.8 Å². The molecule has 1 heterocycles. The normalized spacial score (nSPS) is 10.1. The fraction of sp³-hybridized carbons (Fsp3) is 0.250. The van der Waals surface area contributed by atoms with Crippen LogP contribution in [0.15, 0.2) is 48.7 Å². The highest BCUT2D eigenvalue weighted by Gasteiger charge is 2.02. The molecule has 0 spiro atoms. The molecule has 21 heavy (non-hydrogen) atoms. The Kier molecular flexibility index (Phi) is 5.58. The summed E-state index contributed by atoms with van der Waals surface area (Å²) >= 11 is 0. The Hall–Kier alpha value is -2.56. The molecule has 5 nitrogen and oxygen atoms in total. The molecule has 110 valence electrons. The zero-order chi connectivity index (χ0) is 14.9. The Morgan fingerprint density at radius 1 is 1.10 bits per heavy atom. The summed E-state index contributed by atoms with van der Waals surface area (Å²) in [6, 6.07) is 13.1. The topological polar surface area (TPSA) is 80.0 Å². The van der Waals surface area contributed by atoms with Gasteiger partial charge in [0.05, 0.1) is 6.42 Å². The second-order valence-electron chi connectivity index (χ2n) is 4.76. The number of anilines is 2. The molecule has 0 unspecified atom stereocenters. The van der Waals surface area contributed by atoms with Gasteiger partial charge in [0.15, 0.2) is 0 Å². The Morgan fingerprint density at radius 2 is 1.90 bits per heavy atom. The van der Waals surface area contributed by atoms with Gasteiger partial charge in [0, 0.05) is 25.0 Å². The number of nitrogens with one attached hydrogen (secondary N) is 2. The van der Waals surface area contributed by atoms with Crippen molar-refractivity contribution in [3.05, 3.63) is 54.2 Å². The number of nitrogen functional groups attached to an aromatic ring is 1. The number of aromatic nitrogens is 1. The van der Waals surface area contributed by atoms with Gasteiger partial charge >= 0.3 is 0 Å². The van der Waals surface area contributed by atoms with E-state index in [1.807, 2.05) is 30.3 Å². The summed E-state index contributed by atoms with van der Waals surface area (Å²) in [5.41, 5.74) is 7.28. The summed E-state index contributed by atoms with van der Waals surface area (Å²) in [4.78, 5) is 15.9. The van der Waals surface area contributed by atoms with E-state index in [1.165, 1.54) is 0 Å². The van der Waals surface area contributed by atoms with Crippen LogP contribution in [-0.4, -0.2) is 24.0 Å². The maximum atomic E-state index is 11.8. The fourth-order valence-corrected chi connectivity index (χ4v) is 1.88. The number of nitrogens with zero attached hydrogens (tertiary/aromatic N) is 1. The van der Waals surface area contributed by atoms with Gasteiger partial charge in [-0.15, -0.1) is 0 Å². The van der Waals surface area contributed by atoms with Gasteiger partial charge in [0.2, 0.25) is 5.91 Å². The van der Waals surface area contributed by atoms with Gasteiger partial charge in [-0.25, -0.2) is 4.98 Å². The number of benzene rings is 1. The van der Waals surface area contributed by atoms with E-state index < -0.39 is 0 Å². The molecule has 5 heteroatoms. The highest BCUT2D eigenvalue weighted by molar-refractivity contribution is 5.78. The van der Waals surface area contributed by atoms with Crippen molar-refractivity contribution in [3.8, 4) is 0 Å². The van der Waals surface area contributed by atoms with Crippen LogP contribution in [0, 0.1) is 0 Å². The number of hydrogen-bond acceptors (Lipinski definition) is 4. The highest BCUT2D eigenvalue weighted by Crippen LogP contribution is 2.05. The Balaban J connectivity index is 1.60. The minimum absolute atomic E-state index is 0.0256.